The van der Waals surface area contributed by atoms with Gasteiger partial charge in [-0.1, -0.05) is 24.1 Å². The molecule has 2 aromatic carbocycles. The number of carbonyl (C=O) groups excluding carboxylic acids is 1. The summed E-state index contributed by atoms with van der Waals surface area (Å²) in [5, 5.41) is 0. The van der Waals surface area contributed by atoms with Crippen LogP contribution in [0.5, 0.6) is 11.5 Å². The molecule has 2 N–H and O–H groups in total. The lowest BCUT2D eigenvalue weighted by Crippen LogP contribution is -2.26. The maximum absolute atomic E-state index is 13.7. The van der Waals surface area contributed by atoms with Gasteiger partial charge in [0.1, 0.15) is 23.3 Å². The molecule has 2 atom stereocenters. The van der Waals surface area contributed by atoms with Crippen molar-refractivity contribution < 1.29 is 9.53 Å². The van der Waals surface area contributed by atoms with Gasteiger partial charge in [0, 0.05) is 12.0 Å². The van der Waals surface area contributed by atoms with Gasteiger partial charge < -0.3 is 10.5 Å². The van der Waals surface area contributed by atoms with Gasteiger partial charge in [-0.05, 0) is 68.5 Å². The highest BCUT2D eigenvalue weighted by Gasteiger charge is 2.33. The molecular weight excluding hydrogens is 430 g/mol. The topological polar surface area (TPSA) is 105 Å². The van der Waals surface area contributed by atoms with E-state index in [4.69, 9.17) is 10.5 Å². The highest BCUT2D eigenvalue weighted by Crippen LogP contribution is 2.36. The van der Waals surface area contributed by atoms with Crippen LogP contribution in [-0.2, 0) is 4.79 Å². The van der Waals surface area contributed by atoms with E-state index in [0.717, 1.165) is 5.75 Å². The molecule has 8 nitrogen and oxygen atoms in total. The van der Waals surface area contributed by atoms with Gasteiger partial charge in [0.05, 0.1) is 5.69 Å². The van der Waals surface area contributed by atoms with E-state index in [-0.39, 0.29) is 29.3 Å². The number of benzene rings is 2. The van der Waals surface area contributed by atoms with Crippen LogP contribution in [0.2, 0.25) is 0 Å². The molecular formula is C26H23N5O3. The van der Waals surface area contributed by atoms with Gasteiger partial charge in [0.2, 0.25) is 5.78 Å². The standard InChI is InChI=1S/C26H23N5O3/c1-2-6-22(32)17-9-10-19(15-17)31-25-23(24(27)28-16-29-25)30(26(31)33)18-11-13-21(14-12-18)34-20-7-4-3-5-8-20/h3-5,7-8,11-14,16-17,19H,9-10,15H2,1H3,(H2,27,28,29). The Morgan fingerprint density at radius 3 is 2.53 bits per heavy atom. The number of nitrogen functional groups attached to an aromatic ring is 1. The molecule has 1 aliphatic rings. The smallest absolute Gasteiger partial charge is 0.335 e. The first-order valence-corrected chi connectivity index (χ1v) is 11.1. The fourth-order valence-electron chi connectivity index (χ4n) is 4.58. The van der Waals surface area contributed by atoms with E-state index < -0.39 is 0 Å². The summed E-state index contributed by atoms with van der Waals surface area (Å²) in [5.41, 5.74) is 7.47. The third kappa shape index (κ3) is 3.82. The van der Waals surface area contributed by atoms with Crippen LogP contribution in [0, 0.1) is 17.8 Å². The number of aromatic nitrogens is 4. The van der Waals surface area contributed by atoms with Crippen molar-refractivity contribution >= 4 is 22.8 Å². The summed E-state index contributed by atoms with van der Waals surface area (Å²) in [6.45, 7) is 1.65. The van der Waals surface area contributed by atoms with Crippen molar-refractivity contribution in [1.82, 2.24) is 19.1 Å². The second-order valence-corrected chi connectivity index (χ2v) is 8.23. The Kier molecular flexibility index (Phi) is 5.60. The van der Waals surface area contributed by atoms with Gasteiger partial charge in [-0.15, -0.1) is 0 Å². The normalized spacial score (nSPS) is 17.3. The molecule has 0 amide bonds. The van der Waals surface area contributed by atoms with Crippen LogP contribution in [0.1, 0.15) is 32.2 Å². The number of anilines is 1. The zero-order valence-corrected chi connectivity index (χ0v) is 18.6. The van der Waals surface area contributed by atoms with E-state index in [9.17, 15) is 9.59 Å². The molecule has 170 valence electrons. The molecule has 1 aliphatic carbocycles. The number of imidazole rings is 1. The number of nitrogens with zero attached hydrogens (tertiary/aromatic N) is 4. The lowest BCUT2D eigenvalue weighted by molar-refractivity contribution is -0.117. The highest BCUT2D eigenvalue weighted by molar-refractivity contribution is 5.97. The number of rotatable bonds is 5. The molecule has 0 spiro atoms. The second kappa shape index (κ2) is 8.87. The summed E-state index contributed by atoms with van der Waals surface area (Å²) in [6, 6.07) is 16.5. The first kappa shape index (κ1) is 21.5. The van der Waals surface area contributed by atoms with Gasteiger partial charge >= 0.3 is 5.69 Å². The third-order valence-corrected chi connectivity index (χ3v) is 6.14. The molecule has 2 aromatic heterocycles. The summed E-state index contributed by atoms with van der Waals surface area (Å²) >= 11 is 0. The Morgan fingerprint density at radius 1 is 1.06 bits per heavy atom. The molecule has 5 rings (SSSR count). The van der Waals surface area contributed by atoms with Crippen molar-refractivity contribution in [2.75, 3.05) is 5.73 Å². The number of fused-ring (bicyclic) bond motifs is 1. The van der Waals surface area contributed by atoms with Crippen LogP contribution in [0.15, 0.2) is 65.7 Å². The molecule has 34 heavy (non-hydrogen) atoms. The fourth-order valence-corrected chi connectivity index (χ4v) is 4.58. The van der Waals surface area contributed by atoms with E-state index in [2.05, 4.69) is 21.8 Å². The number of hydrogen-bond donors (Lipinski definition) is 1. The monoisotopic (exact) mass is 453 g/mol. The summed E-state index contributed by atoms with van der Waals surface area (Å²) in [4.78, 5) is 34.5. The van der Waals surface area contributed by atoms with Crippen molar-refractivity contribution in [1.29, 1.82) is 0 Å². The third-order valence-electron chi connectivity index (χ3n) is 6.14. The molecule has 4 aromatic rings. The number of carbonyl (C=O) groups is 1. The van der Waals surface area contributed by atoms with E-state index >= 15 is 0 Å². The van der Waals surface area contributed by atoms with Gasteiger partial charge in [0.25, 0.3) is 0 Å². The summed E-state index contributed by atoms with van der Waals surface area (Å²) in [7, 11) is 0. The van der Waals surface area contributed by atoms with Crippen molar-refractivity contribution in [3.8, 4) is 29.0 Å². The Labute approximate surface area is 196 Å². The number of ether oxygens (including phenoxy) is 1. The average Bonchev–Trinajstić information content (AvgIpc) is 3.43. The van der Waals surface area contributed by atoms with Crippen LogP contribution in [0.4, 0.5) is 5.82 Å². The van der Waals surface area contributed by atoms with Crippen molar-refractivity contribution in [3.63, 3.8) is 0 Å². The average molecular weight is 454 g/mol. The maximum atomic E-state index is 13.7. The fraction of sp³-hybridized carbons (Fsp3) is 0.231. The molecule has 0 radical (unpaired) electrons. The van der Waals surface area contributed by atoms with Gasteiger partial charge in [-0.25, -0.2) is 14.8 Å². The molecule has 0 aliphatic heterocycles. The Morgan fingerprint density at radius 2 is 1.79 bits per heavy atom. The van der Waals surface area contributed by atoms with Crippen molar-refractivity contribution in [2.45, 2.75) is 32.2 Å². The van der Waals surface area contributed by atoms with Gasteiger partial charge in [-0.2, -0.15) is 0 Å². The molecule has 0 bridgehead atoms. The number of para-hydroxylation sites is 1. The van der Waals surface area contributed by atoms with E-state index in [1.165, 1.54) is 10.9 Å². The van der Waals surface area contributed by atoms with Crippen LogP contribution in [-0.4, -0.2) is 24.9 Å². The molecule has 2 heterocycles. The second-order valence-electron chi connectivity index (χ2n) is 8.23. The largest absolute Gasteiger partial charge is 0.457 e. The first-order valence-electron chi connectivity index (χ1n) is 11.1. The van der Waals surface area contributed by atoms with Crippen LogP contribution in [0.25, 0.3) is 16.9 Å². The van der Waals surface area contributed by atoms with Gasteiger partial charge in [0.15, 0.2) is 11.5 Å². The predicted molar refractivity (Wildman–Crippen MR) is 129 cm³/mol. The Bertz CT molecular complexity index is 1480. The quantitative estimate of drug-likeness (QED) is 0.363. The van der Waals surface area contributed by atoms with Crippen LogP contribution >= 0.6 is 0 Å². The summed E-state index contributed by atoms with van der Waals surface area (Å²) < 4.78 is 9.04. The SMILES string of the molecule is CC#CC(=O)C1CCC(n2c(=O)n(-c3ccc(Oc4ccccc4)cc3)c3c(N)ncnc32)C1. The Hall–Kier alpha value is -4.38. The van der Waals surface area contributed by atoms with E-state index in [1.54, 1.807) is 35.8 Å². The minimum absolute atomic E-state index is 0.0788. The zero-order chi connectivity index (χ0) is 23.7. The van der Waals surface area contributed by atoms with Crippen molar-refractivity contribution in [2.24, 2.45) is 5.92 Å². The molecule has 1 saturated carbocycles. The van der Waals surface area contributed by atoms with Crippen molar-refractivity contribution in [3.05, 3.63) is 71.4 Å². The molecule has 2 unspecified atom stereocenters. The number of ketones is 1. The Balaban J connectivity index is 1.54. The predicted octanol–water partition coefficient (Wildman–Crippen LogP) is 3.89. The van der Waals surface area contributed by atoms with Crippen LogP contribution < -0.4 is 16.2 Å². The van der Waals surface area contributed by atoms with E-state index in [0.29, 0.717) is 41.9 Å². The zero-order valence-electron chi connectivity index (χ0n) is 18.6. The summed E-state index contributed by atoms with van der Waals surface area (Å²) in [6.07, 6.45) is 3.27. The lowest BCUT2D eigenvalue weighted by Gasteiger charge is -2.11. The summed E-state index contributed by atoms with van der Waals surface area (Å²) in [5.74, 6) is 6.63. The lowest BCUT2D eigenvalue weighted by atomic mass is 10.0. The van der Waals surface area contributed by atoms with Crippen LogP contribution in [0.3, 0.4) is 0 Å². The van der Waals surface area contributed by atoms with E-state index in [1.807, 2.05) is 30.3 Å². The minimum Gasteiger partial charge on any atom is -0.457 e. The number of hydrogen-bond acceptors (Lipinski definition) is 6. The molecule has 8 heteroatoms. The minimum atomic E-state index is -0.265. The number of nitrogens with two attached hydrogens (primary N) is 1. The molecule has 0 saturated heterocycles. The highest BCUT2D eigenvalue weighted by atomic mass is 16.5. The van der Waals surface area contributed by atoms with Gasteiger partial charge in [-0.3, -0.25) is 13.9 Å². The molecule has 1 fully saturated rings. The number of Topliss-reactive ketones (excluding diaryl/α,β-unsaturated/α-hetero) is 1. The maximum Gasteiger partial charge on any atom is 0.335 e. The first-order chi connectivity index (χ1) is 16.6.